The average molecular weight is 224 g/mol. The van der Waals surface area contributed by atoms with Gasteiger partial charge >= 0.3 is 0 Å². The molecule has 0 amide bonds. The lowest BCUT2D eigenvalue weighted by atomic mass is 9.66. The van der Waals surface area contributed by atoms with Gasteiger partial charge in [-0.3, -0.25) is 0 Å². The van der Waals surface area contributed by atoms with E-state index in [4.69, 9.17) is 0 Å². The van der Waals surface area contributed by atoms with E-state index in [9.17, 15) is 5.11 Å². The van der Waals surface area contributed by atoms with Crippen LogP contribution in [0.2, 0.25) is 0 Å². The van der Waals surface area contributed by atoms with Crippen LogP contribution in [0.4, 0.5) is 0 Å². The van der Waals surface area contributed by atoms with E-state index in [0.717, 1.165) is 24.7 Å². The van der Waals surface area contributed by atoms with E-state index in [0.29, 0.717) is 5.92 Å². The molecule has 0 saturated heterocycles. The summed E-state index contributed by atoms with van der Waals surface area (Å²) in [7, 11) is 0. The first-order valence-electron chi connectivity index (χ1n) is 7.36. The van der Waals surface area contributed by atoms with Gasteiger partial charge in [-0.25, -0.2) is 0 Å². The van der Waals surface area contributed by atoms with Gasteiger partial charge in [0.15, 0.2) is 0 Å². The van der Waals surface area contributed by atoms with Crippen LogP contribution in [-0.2, 0) is 0 Å². The summed E-state index contributed by atoms with van der Waals surface area (Å²) in [6.07, 6.45) is 11.3. The Balaban J connectivity index is 1.91. The highest BCUT2D eigenvalue weighted by molar-refractivity contribution is 4.93. The van der Waals surface area contributed by atoms with Crippen LogP contribution >= 0.6 is 0 Å². The maximum atomic E-state index is 10.8. The van der Waals surface area contributed by atoms with Gasteiger partial charge in [0, 0.05) is 0 Å². The molecule has 2 aliphatic rings. The molecular weight excluding hydrogens is 196 g/mol. The second-order valence-corrected chi connectivity index (χ2v) is 6.43. The molecule has 0 aromatic rings. The highest BCUT2D eigenvalue weighted by Crippen LogP contribution is 2.44. The fraction of sp³-hybridized carbons (Fsp3) is 1.00. The van der Waals surface area contributed by atoms with Crippen molar-refractivity contribution in [1.82, 2.24) is 0 Å². The first-order valence-corrected chi connectivity index (χ1v) is 7.36. The number of hydrogen-bond donors (Lipinski definition) is 1. The van der Waals surface area contributed by atoms with Crippen molar-refractivity contribution in [2.45, 2.75) is 77.2 Å². The normalized spacial score (nSPS) is 45.6. The topological polar surface area (TPSA) is 20.2 Å². The van der Waals surface area contributed by atoms with Crippen LogP contribution in [-0.4, -0.2) is 10.7 Å². The lowest BCUT2D eigenvalue weighted by molar-refractivity contribution is -0.0776. The zero-order valence-corrected chi connectivity index (χ0v) is 11.0. The van der Waals surface area contributed by atoms with E-state index in [2.05, 4.69) is 13.8 Å². The Labute approximate surface area is 101 Å². The monoisotopic (exact) mass is 224 g/mol. The van der Waals surface area contributed by atoms with Crippen LogP contribution < -0.4 is 0 Å². The third-order valence-corrected chi connectivity index (χ3v) is 5.19. The SMILES string of the molecule is CCC1CCC(C2(O)CCCC(C)C2)CC1. The van der Waals surface area contributed by atoms with E-state index < -0.39 is 0 Å². The molecule has 0 aromatic heterocycles. The van der Waals surface area contributed by atoms with Crippen LogP contribution in [0.15, 0.2) is 0 Å². The van der Waals surface area contributed by atoms with Gasteiger partial charge in [0.05, 0.1) is 5.60 Å². The van der Waals surface area contributed by atoms with Crippen molar-refractivity contribution >= 4 is 0 Å². The molecule has 0 radical (unpaired) electrons. The predicted molar refractivity (Wildman–Crippen MR) is 68.3 cm³/mol. The second-order valence-electron chi connectivity index (χ2n) is 6.43. The minimum atomic E-state index is -0.295. The highest BCUT2D eigenvalue weighted by atomic mass is 16.3. The van der Waals surface area contributed by atoms with Crippen molar-refractivity contribution in [3.8, 4) is 0 Å². The summed E-state index contributed by atoms with van der Waals surface area (Å²) in [5.41, 5.74) is -0.295. The third-order valence-electron chi connectivity index (χ3n) is 5.19. The Hall–Kier alpha value is -0.0400. The van der Waals surface area contributed by atoms with E-state index in [1.54, 1.807) is 0 Å². The molecule has 1 N–H and O–H groups in total. The summed E-state index contributed by atoms with van der Waals surface area (Å²) in [5, 5.41) is 10.8. The molecule has 1 nitrogen and oxygen atoms in total. The smallest absolute Gasteiger partial charge is 0.0678 e. The lowest BCUT2D eigenvalue weighted by Gasteiger charge is -2.44. The average Bonchev–Trinajstić information content (AvgIpc) is 2.29. The standard InChI is InChI=1S/C15H28O/c1-3-13-6-8-14(9-7-13)15(16)10-4-5-12(2)11-15/h12-14,16H,3-11H2,1-2H3. The van der Waals surface area contributed by atoms with Crippen LogP contribution in [0.5, 0.6) is 0 Å². The Morgan fingerprint density at radius 3 is 2.38 bits per heavy atom. The Kier molecular flexibility index (Phi) is 3.94. The zero-order valence-electron chi connectivity index (χ0n) is 11.0. The Morgan fingerprint density at radius 2 is 1.81 bits per heavy atom. The van der Waals surface area contributed by atoms with Crippen molar-refractivity contribution < 1.29 is 5.11 Å². The van der Waals surface area contributed by atoms with Crippen LogP contribution in [0.25, 0.3) is 0 Å². The first-order chi connectivity index (χ1) is 7.64. The molecule has 0 aromatic carbocycles. The summed E-state index contributed by atoms with van der Waals surface area (Å²) < 4.78 is 0. The van der Waals surface area contributed by atoms with Gasteiger partial charge < -0.3 is 5.11 Å². The molecule has 2 fully saturated rings. The lowest BCUT2D eigenvalue weighted by Crippen LogP contribution is -2.43. The molecule has 0 bridgehead atoms. The Morgan fingerprint density at radius 1 is 1.12 bits per heavy atom. The van der Waals surface area contributed by atoms with Gasteiger partial charge in [-0.05, 0) is 43.4 Å². The van der Waals surface area contributed by atoms with Crippen molar-refractivity contribution in [3.63, 3.8) is 0 Å². The minimum Gasteiger partial charge on any atom is -0.390 e. The molecule has 2 aliphatic carbocycles. The summed E-state index contributed by atoms with van der Waals surface area (Å²) in [6, 6.07) is 0. The van der Waals surface area contributed by atoms with Gasteiger partial charge in [0.2, 0.25) is 0 Å². The molecule has 2 atom stereocenters. The molecule has 2 rings (SSSR count). The predicted octanol–water partition coefficient (Wildman–Crippen LogP) is 4.14. The molecule has 2 unspecified atom stereocenters. The zero-order chi connectivity index (χ0) is 11.6. The van der Waals surface area contributed by atoms with Gasteiger partial charge in [0.1, 0.15) is 0 Å². The maximum absolute atomic E-state index is 10.8. The van der Waals surface area contributed by atoms with Crippen LogP contribution in [0, 0.1) is 17.8 Å². The van der Waals surface area contributed by atoms with Crippen molar-refractivity contribution in [2.75, 3.05) is 0 Å². The quantitative estimate of drug-likeness (QED) is 0.747. The molecule has 1 heteroatoms. The molecule has 0 heterocycles. The van der Waals surface area contributed by atoms with Crippen molar-refractivity contribution in [2.24, 2.45) is 17.8 Å². The van der Waals surface area contributed by atoms with E-state index in [-0.39, 0.29) is 5.60 Å². The van der Waals surface area contributed by atoms with Gasteiger partial charge in [-0.15, -0.1) is 0 Å². The largest absolute Gasteiger partial charge is 0.390 e. The molecule has 0 spiro atoms. The molecule has 2 saturated carbocycles. The summed E-state index contributed by atoms with van der Waals surface area (Å²) in [5.74, 6) is 2.29. The van der Waals surface area contributed by atoms with E-state index in [1.807, 2.05) is 0 Å². The molecule has 16 heavy (non-hydrogen) atoms. The molecule has 0 aliphatic heterocycles. The van der Waals surface area contributed by atoms with Gasteiger partial charge in [-0.1, -0.05) is 46.0 Å². The molecule has 94 valence electrons. The fourth-order valence-corrected chi connectivity index (χ4v) is 4.04. The molecular formula is C15H28O. The van der Waals surface area contributed by atoms with Crippen molar-refractivity contribution in [3.05, 3.63) is 0 Å². The van der Waals surface area contributed by atoms with Crippen molar-refractivity contribution in [1.29, 1.82) is 0 Å². The number of hydrogen-bond acceptors (Lipinski definition) is 1. The second kappa shape index (κ2) is 5.08. The number of aliphatic hydroxyl groups is 1. The Bertz CT molecular complexity index is 217. The van der Waals surface area contributed by atoms with Gasteiger partial charge in [0.25, 0.3) is 0 Å². The summed E-state index contributed by atoms with van der Waals surface area (Å²) in [4.78, 5) is 0. The number of rotatable bonds is 2. The third kappa shape index (κ3) is 2.61. The van der Waals surface area contributed by atoms with E-state index >= 15 is 0 Å². The van der Waals surface area contributed by atoms with Crippen LogP contribution in [0.3, 0.4) is 0 Å². The van der Waals surface area contributed by atoms with E-state index in [1.165, 1.54) is 44.9 Å². The summed E-state index contributed by atoms with van der Waals surface area (Å²) in [6.45, 7) is 4.62. The minimum absolute atomic E-state index is 0.295. The first kappa shape index (κ1) is 12.4. The maximum Gasteiger partial charge on any atom is 0.0678 e. The van der Waals surface area contributed by atoms with Gasteiger partial charge in [-0.2, -0.15) is 0 Å². The fourth-order valence-electron chi connectivity index (χ4n) is 4.04. The van der Waals surface area contributed by atoms with Crippen LogP contribution in [0.1, 0.15) is 71.6 Å². The highest BCUT2D eigenvalue weighted by Gasteiger charge is 2.41. The summed E-state index contributed by atoms with van der Waals surface area (Å²) >= 11 is 0.